The van der Waals surface area contributed by atoms with Crippen molar-refractivity contribution in [3.8, 4) is 0 Å². The van der Waals surface area contributed by atoms with Crippen LogP contribution in [0.5, 0.6) is 0 Å². The number of rotatable bonds is 5. The van der Waals surface area contributed by atoms with Crippen LogP contribution in [0.3, 0.4) is 0 Å². The molecule has 0 heterocycles. The molecule has 0 aliphatic carbocycles. The van der Waals surface area contributed by atoms with Gasteiger partial charge in [-0.3, -0.25) is 0 Å². The molecule has 1 atom stereocenters. The first-order chi connectivity index (χ1) is 7.19. The van der Waals surface area contributed by atoms with E-state index in [0.717, 1.165) is 12.5 Å². The zero-order valence-electron chi connectivity index (χ0n) is 8.63. The number of hydrogen-bond acceptors (Lipinski definition) is 2. The van der Waals surface area contributed by atoms with E-state index >= 15 is 0 Å². The topological polar surface area (TPSA) is 32.3 Å². The highest BCUT2D eigenvalue weighted by atomic mass is 19.2. The molecule has 0 fully saturated rings. The number of aliphatic hydroxyl groups excluding tert-OH is 1. The third-order valence-electron chi connectivity index (χ3n) is 2.33. The lowest BCUT2D eigenvalue weighted by Gasteiger charge is -2.14. The molecule has 1 aromatic rings. The molecule has 0 amide bonds. The summed E-state index contributed by atoms with van der Waals surface area (Å²) in [5.41, 5.74) is 0.280. The molecule has 0 saturated heterocycles. The second-order valence-electron chi connectivity index (χ2n) is 3.38. The molecule has 4 heteroatoms. The Bertz CT molecular complexity index is 313. The van der Waals surface area contributed by atoms with E-state index in [1.54, 1.807) is 0 Å². The SMILES string of the molecule is CC[C@H](CO)NCc1cccc(F)c1F. The Morgan fingerprint density at radius 2 is 2.13 bits per heavy atom. The monoisotopic (exact) mass is 215 g/mol. The molecule has 1 aromatic carbocycles. The van der Waals surface area contributed by atoms with Gasteiger partial charge in [0.2, 0.25) is 0 Å². The summed E-state index contributed by atoms with van der Waals surface area (Å²) in [4.78, 5) is 0. The zero-order valence-corrected chi connectivity index (χ0v) is 8.63. The van der Waals surface area contributed by atoms with Crippen molar-refractivity contribution in [1.82, 2.24) is 5.32 Å². The van der Waals surface area contributed by atoms with E-state index < -0.39 is 11.6 Å². The summed E-state index contributed by atoms with van der Waals surface area (Å²) in [6.07, 6.45) is 0.743. The molecule has 2 nitrogen and oxygen atoms in total. The molecular formula is C11H15F2NO. The fourth-order valence-electron chi connectivity index (χ4n) is 1.28. The molecule has 0 aliphatic rings. The van der Waals surface area contributed by atoms with E-state index in [-0.39, 0.29) is 24.8 Å². The highest BCUT2D eigenvalue weighted by Crippen LogP contribution is 2.11. The lowest BCUT2D eigenvalue weighted by atomic mass is 10.1. The molecule has 1 rings (SSSR count). The smallest absolute Gasteiger partial charge is 0.163 e. The molecule has 0 radical (unpaired) electrons. The van der Waals surface area contributed by atoms with Crippen LogP contribution in [0.15, 0.2) is 18.2 Å². The third-order valence-corrected chi connectivity index (χ3v) is 2.33. The summed E-state index contributed by atoms with van der Waals surface area (Å²) >= 11 is 0. The minimum absolute atomic E-state index is 0.00651. The molecule has 0 bridgehead atoms. The van der Waals surface area contributed by atoms with Crippen LogP contribution in [-0.2, 0) is 6.54 Å². The van der Waals surface area contributed by atoms with E-state index in [0.29, 0.717) is 0 Å². The number of hydrogen-bond donors (Lipinski definition) is 2. The molecule has 0 saturated carbocycles. The highest BCUT2D eigenvalue weighted by Gasteiger charge is 2.09. The first kappa shape index (κ1) is 12.1. The Morgan fingerprint density at radius 1 is 1.40 bits per heavy atom. The van der Waals surface area contributed by atoms with Crippen LogP contribution >= 0.6 is 0 Å². The van der Waals surface area contributed by atoms with Crippen molar-refractivity contribution in [2.45, 2.75) is 25.9 Å². The number of benzene rings is 1. The fourth-order valence-corrected chi connectivity index (χ4v) is 1.28. The van der Waals surface area contributed by atoms with Gasteiger partial charge in [-0.1, -0.05) is 19.1 Å². The Hall–Kier alpha value is -1.00. The second kappa shape index (κ2) is 5.78. The van der Waals surface area contributed by atoms with Gasteiger partial charge in [0.05, 0.1) is 6.61 Å². The van der Waals surface area contributed by atoms with E-state index in [4.69, 9.17) is 5.11 Å². The van der Waals surface area contributed by atoms with Crippen molar-refractivity contribution < 1.29 is 13.9 Å². The average molecular weight is 215 g/mol. The molecule has 15 heavy (non-hydrogen) atoms. The lowest BCUT2D eigenvalue weighted by Crippen LogP contribution is -2.31. The van der Waals surface area contributed by atoms with Crippen molar-refractivity contribution in [3.63, 3.8) is 0 Å². The first-order valence-electron chi connectivity index (χ1n) is 4.96. The van der Waals surface area contributed by atoms with Crippen LogP contribution in [0, 0.1) is 11.6 Å². The Balaban J connectivity index is 2.61. The highest BCUT2D eigenvalue weighted by molar-refractivity contribution is 5.18. The largest absolute Gasteiger partial charge is 0.395 e. The van der Waals surface area contributed by atoms with Gasteiger partial charge in [-0.05, 0) is 12.5 Å². The molecule has 0 aromatic heterocycles. The number of nitrogens with one attached hydrogen (secondary N) is 1. The van der Waals surface area contributed by atoms with Crippen LogP contribution in [0.2, 0.25) is 0 Å². The standard InChI is InChI=1S/C11H15F2NO/c1-2-9(7-15)14-6-8-4-3-5-10(12)11(8)13/h3-5,9,14-15H,2,6-7H2,1H3/t9-/m1/s1. The summed E-state index contributed by atoms with van der Waals surface area (Å²) in [6, 6.07) is 4.00. The van der Waals surface area contributed by atoms with Crippen molar-refractivity contribution in [1.29, 1.82) is 0 Å². The van der Waals surface area contributed by atoms with Crippen LogP contribution in [-0.4, -0.2) is 17.8 Å². The van der Waals surface area contributed by atoms with E-state index in [2.05, 4.69) is 5.32 Å². The maximum atomic E-state index is 13.2. The summed E-state index contributed by atoms with van der Waals surface area (Å²) in [5.74, 6) is -1.66. The van der Waals surface area contributed by atoms with Gasteiger partial charge in [0, 0.05) is 18.2 Å². The van der Waals surface area contributed by atoms with Gasteiger partial charge in [0.25, 0.3) is 0 Å². The van der Waals surface area contributed by atoms with Crippen molar-refractivity contribution in [3.05, 3.63) is 35.4 Å². The normalized spacial score (nSPS) is 12.8. The van der Waals surface area contributed by atoms with Crippen molar-refractivity contribution in [2.24, 2.45) is 0 Å². The molecule has 0 aliphatic heterocycles. The van der Waals surface area contributed by atoms with Gasteiger partial charge in [-0.15, -0.1) is 0 Å². The minimum atomic E-state index is -0.841. The van der Waals surface area contributed by atoms with E-state index in [1.807, 2.05) is 6.92 Å². The molecule has 2 N–H and O–H groups in total. The van der Waals surface area contributed by atoms with Gasteiger partial charge in [0.15, 0.2) is 11.6 Å². The number of halogens is 2. The van der Waals surface area contributed by atoms with Gasteiger partial charge >= 0.3 is 0 Å². The predicted octanol–water partition coefficient (Wildman–Crippen LogP) is 1.83. The molecule has 0 spiro atoms. The van der Waals surface area contributed by atoms with E-state index in [1.165, 1.54) is 12.1 Å². The third kappa shape index (κ3) is 3.25. The van der Waals surface area contributed by atoms with Gasteiger partial charge in [0.1, 0.15) is 0 Å². The van der Waals surface area contributed by atoms with Crippen molar-refractivity contribution in [2.75, 3.05) is 6.61 Å². The zero-order chi connectivity index (χ0) is 11.3. The Kier molecular flexibility index (Phi) is 4.65. The summed E-state index contributed by atoms with van der Waals surface area (Å²) in [5, 5.41) is 11.8. The maximum Gasteiger partial charge on any atom is 0.163 e. The maximum absolute atomic E-state index is 13.2. The van der Waals surface area contributed by atoms with Crippen LogP contribution in [0.4, 0.5) is 8.78 Å². The van der Waals surface area contributed by atoms with E-state index in [9.17, 15) is 8.78 Å². The molecular weight excluding hydrogens is 200 g/mol. The fraction of sp³-hybridized carbons (Fsp3) is 0.455. The van der Waals surface area contributed by atoms with Gasteiger partial charge < -0.3 is 10.4 Å². The minimum Gasteiger partial charge on any atom is -0.395 e. The van der Waals surface area contributed by atoms with Gasteiger partial charge in [-0.25, -0.2) is 8.78 Å². The number of aliphatic hydroxyl groups is 1. The molecule has 84 valence electrons. The van der Waals surface area contributed by atoms with Gasteiger partial charge in [-0.2, -0.15) is 0 Å². The van der Waals surface area contributed by atoms with Crippen LogP contribution in [0.25, 0.3) is 0 Å². The Morgan fingerprint density at radius 3 is 2.73 bits per heavy atom. The lowest BCUT2D eigenvalue weighted by molar-refractivity contribution is 0.237. The summed E-state index contributed by atoms with van der Waals surface area (Å²) in [6.45, 7) is 2.13. The summed E-state index contributed by atoms with van der Waals surface area (Å²) in [7, 11) is 0. The molecule has 0 unspecified atom stereocenters. The quantitative estimate of drug-likeness (QED) is 0.785. The summed E-state index contributed by atoms with van der Waals surface area (Å²) < 4.78 is 26.0. The predicted molar refractivity (Wildman–Crippen MR) is 54.4 cm³/mol. The average Bonchev–Trinajstić information content (AvgIpc) is 2.25. The first-order valence-corrected chi connectivity index (χ1v) is 4.96. The van der Waals surface area contributed by atoms with Crippen LogP contribution in [0.1, 0.15) is 18.9 Å². The Labute approximate surface area is 87.9 Å². The van der Waals surface area contributed by atoms with Crippen LogP contribution < -0.4 is 5.32 Å². The second-order valence-corrected chi connectivity index (χ2v) is 3.38. The van der Waals surface area contributed by atoms with Crippen molar-refractivity contribution >= 4 is 0 Å².